The van der Waals surface area contributed by atoms with E-state index >= 15 is 0 Å². The average molecular weight is 463 g/mol. The number of nitrogens with one attached hydrogen (secondary N) is 1. The van der Waals surface area contributed by atoms with Crippen molar-refractivity contribution in [2.24, 2.45) is 0 Å². The van der Waals surface area contributed by atoms with E-state index in [-0.39, 0.29) is 0 Å². The minimum Gasteiger partial charge on any atom is -0.439 e. The molecule has 1 aliphatic heterocycles. The van der Waals surface area contributed by atoms with E-state index in [4.69, 9.17) is 11.6 Å². The van der Waals surface area contributed by atoms with Crippen LogP contribution in [0.2, 0.25) is 5.02 Å². The van der Waals surface area contributed by atoms with Gasteiger partial charge in [0, 0.05) is 0 Å². The second-order valence-corrected chi connectivity index (χ2v) is 8.40. The van der Waals surface area contributed by atoms with E-state index in [9.17, 15) is 31.2 Å². The number of sulfonamides is 1. The van der Waals surface area contributed by atoms with Gasteiger partial charge in [-0.2, -0.15) is 13.2 Å². The topological polar surface area (TPSA) is 92.8 Å². The quantitative estimate of drug-likeness (QED) is 0.710. The average Bonchev–Trinajstić information content (AvgIpc) is 2.99. The number of nitrogens with zero attached hydrogens (tertiary/aromatic N) is 1. The smallest absolute Gasteiger partial charge is 0.417 e. The minimum atomic E-state index is -4.85. The molecular weight excluding hydrogens is 449 g/mol. The minimum absolute atomic E-state index is 0.388. The first-order valence-corrected chi connectivity index (χ1v) is 10.3. The predicted molar refractivity (Wildman–Crippen MR) is 99.0 cm³/mol. The molecule has 1 saturated heterocycles. The fourth-order valence-electron chi connectivity index (χ4n) is 2.78. The largest absolute Gasteiger partial charge is 0.439 e. The highest BCUT2D eigenvalue weighted by atomic mass is 35.5. The van der Waals surface area contributed by atoms with Crippen molar-refractivity contribution in [3.8, 4) is 0 Å². The Morgan fingerprint density at radius 1 is 1.13 bits per heavy atom. The lowest BCUT2D eigenvalue weighted by atomic mass is 10.1. The summed E-state index contributed by atoms with van der Waals surface area (Å²) in [5, 5.41) is -0.647. The molecular formula is C18H14ClF3N2O5S. The van der Waals surface area contributed by atoms with Gasteiger partial charge in [-0.25, -0.2) is 22.8 Å². The van der Waals surface area contributed by atoms with Crippen molar-refractivity contribution in [1.29, 1.82) is 0 Å². The molecule has 7 nitrogen and oxygen atoms in total. The molecule has 2 amide bonds. The molecule has 0 radical (unpaired) electrons. The zero-order valence-corrected chi connectivity index (χ0v) is 16.6. The Labute approximate surface area is 174 Å². The number of benzene rings is 2. The van der Waals surface area contributed by atoms with Crippen molar-refractivity contribution >= 4 is 33.6 Å². The molecule has 2 aromatic rings. The molecule has 3 rings (SSSR count). The van der Waals surface area contributed by atoms with Gasteiger partial charge in [-0.15, -0.1) is 0 Å². The van der Waals surface area contributed by atoms with Gasteiger partial charge < -0.3 is 4.74 Å². The molecule has 1 unspecified atom stereocenters. The number of imide groups is 1. The van der Waals surface area contributed by atoms with Gasteiger partial charge in [-0.05, 0) is 23.8 Å². The monoisotopic (exact) mass is 462 g/mol. The van der Waals surface area contributed by atoms with Crippen LogP contribution >= 0.6 is 11.6 Å². The van der Waals surface area contributed by atoms with Crippen molar-refractivity contribution in [2.45, 2.75) is 17.1 Å². The van der Waals surface area contributed by atoms with Gasteiger partial charge in [0.2, 0.25) is 10.0 Å². The summed E-state index contributed by atoms with van der Waals surface area (Å²) in [4.78, 5) is 23.6. The Kier molecular flexibility index (Phi) is 6.06. The second-order valence-electron chi connectivity index (χ2n) is 6.28. The maximum absolute atomic E-state index is 13.1. The Morgan fingerprint density at radius 3 is 2.37 bits per heavy atom. The van der Waals surface area contributed by atoms with E-state index in [0.29, 0.717) is 11.6 Å². The van der Waals surface area contributed by atoms with Crippen LogP contribution in [-0.2, 0) is 25.7 Å². The third-order valence-electron chi connectivity index (χ3n) is 4.26. The molecule has 1 aliphatic rings. The Morgan fingerprint density at radius 2 is 1.80 bits per heavy atom. The molecule has 0 aliphatic carbocycles. The summed E-state index contributed by atoms with van der Waals surface area (Å²) >= 11 is 5.55. The summed E-state index contributed by atoms with van der Waals surface area (Å²) in [6.07, 6.45) is -5.79. The van der Waals surface area contributed by atoms with Gasteiger partial charge in [0.15, 0.2) is 6.61 Å². The third kappa shape index (κ3) is 4.74. The maximum atomic E-state index is 13.1. The molecule has 1 fully saturated rings. The van der Waals surface area contributed by atoms with Gasteiger partial charge >= 0.3 is 12.3 Å². The number of hydrogen-bond acceptors (Lipinski definition) is 5. The van der Waals surface area contributed by atoms with Crippen LogP contribution in [0.25, 0.3) is 0 Å². The van der Waals surface area contributed by atoms with Crippen LogP contribution in [0.15, 0.2) is 53.4 Å². The number of halogens is 4. The SMILES string of the molecule is O=C1COC(=O)N1CC(NS(=O)(=O)c1ccc(Cl)c(C(F)(F)F)c1)c1ccccc1. The number of alkyl halides is 3. The summed E-state index contributed by atoms with van der Waals surface area (Å²) in [5.41, 5.74) is -0.916. The van der Waals surface area contributed by atoms with E-state index in [2.05, 4.69) is 9.46 Å². The summed E-state index contributed by atoms with van der Waals surface area (Å²) in [7, 11) is -4.48. The molecule has 1 N–H and O–H groups in total. The fourth-order valence-corrected chi connectivity index (χ4v) is 4.25. The number of rotatable bonds is 6. The highest BCUT2D eigenvalue weighted by Gasteiger charge is 2.37. The Hall–Kier alpha value is -2.63. The van der Waals surface area contributed by atoms with Crippen molar-refractivity contribution in [3.63, 3.8) is 0 Å². The summed E-state index contributed by atoms with van der Waals surface area (Å²) in [6.45, 7) is -0.875. The number of hydrogen-bond donors (Lipinski definition) is 1. The Balaban J connectivity index is 1.95. The molecule has 2 aromatic carbocycles. The molecule has 0 spiro atoms. The van der Waals surface area contributed by atoms with Gasteiger partial charge in [-0.1, -0.05) is 41.9 Å². The van der Waals surface area contributed by atoms with Crippen LogP contribution in [0, 0.1) is 0 Å². The highest BCUT2D eigenvalue weighted by Crippen LogP contribution is 2.36. The molecule has 160 valence electrons. The van der Waals surface area contributed by atoms with Crippen molar-refractivity contribution < 1.29 is 35.9 Å². The van der Waals surface area contributed by atoms with Crippen LogP contribution in [0.4, 0.5) is 18.0 Å². The number of carbonyl (C=O) groups is 2. The molecule has 1 atom stereocenters. The van der Waals surface area contributed by atoms with Crippen LogP contribution in [-0.4, -0.2) is 38.5 Å². The van der Waals surface area contributed by atoms with Crippen molar-refractivity contribution in [3.05, 3.63) is 64.7 Å². The first kappa shape index (κ1) is 22.1. The zero-order chi connectivity index (χ0) is 22.1. The summed E-state index contributed by atoms with van der Waals surface area (Å²) in [5.74, 6) is -0.661. The first-order chi connectivity index (χ1) is 14.0. The number of amides is 2. The first-order valence-electron chi connectivity index (χ1n) is 8.40. The molecule has 0 saturated carbocycles. The van der Waals surface area contributed by atoms with Crippen LogP contribution in [0.5, 0.6) is 0 Å². The lowest BCUT2D eigenvalue weighted by Gasteiger charge is -2.23. The number of cyclic esters (lactones) is 1. The number of carbonyl (C=O) groups excluding carboxylic acids is 2. The van der Waals surface area contributed by atoms with Gasteiger partial charge in [0.25, 0.3) is 5.91 Å². The van der Waals surface area contributed by atoms with E-state index in [1.165, 1.54) is 0 Å². The summed E-state index contributed by atoms with van der Waals surface area (Å²) < 4.78 is 71.8. The Bertz CT molecular complexity index is 1060. The van der Waals surface area contributed by atoms with Crippen molar-refractivity contribution in [1.82, 2.24) is 9.62 Å². The second kappa shape index (κ2) is 8.25. The maximum Gasteiger partial charge on any atom is 0.417 e. The van der Waals surface area contributed by atoms with Gasteiger partial charge in [0.1, 0.15) is 0 Å². The normalized spacial score (nSPS) is 15.9. The molecule has 12 heteroatoms. The van der Waals surface area contributed by atoms with E-state index in [1.807, 2.05) is 0 Å². The third-order valence-corrected chi connectivity index (χ3v) is 6.06. The van der Waals surface area contributed by atoms with Crippen LogP contribution in [0.3, 0.4) is 0 Å². The van der Waals surface area contributed by atoms with E-state index in [1.54, 1.807) is 30.3 Å². The predicted octanol–water partition coefficient (Wildman–Crippen LogP) is 3.36. The molecule has 30 heavy (non-hydrogen) atoms. The number of ether oxygens (including phenoxy) is 1. The lowest BCUT2D eigenvalue weighted by Crippen LogP contribution is -2.40. The molecule has 0 bridgehead atoms. The highest BCUT2D eigenvalue weighted by molar-refractivity contribution is 7.89. The molecule has 0 aromatic heterocycles. The van der Waals surface area contributed by atoms with Crippen molar-refractivity contribution in [2.75, 3.05) is 13.2 Å². The van der Waals surface area contributed by atoms with Gasteiger partial charge in [0.05, 0.1) is 28.1 Å². The zero-order valence-electron chi connectivity index (χ0n) is 15.0. The standard InChI is InChI=1S/C18H14ClF3N2O5S/c19-14-7-6-12(8-13(14)18(20,21)22)30(27,28)23-15(11-4-2-1-3-5-11)9-24-16(25)10-29-17(24)26/h1-8,15,23H,9-10H2. The van der Waals surface area contributed by atoms with E-state index < -0.39 is 62.9 Å². The molecule has 1 heterocycles. The van der Waals surface area contributed by atoms with Gasteiger partial charge in [-0.3, -0.25) is 4.79 Å². The van der Waals surface area contributed by atoms with E-state index in [0.717, 1.165) is 17.0 Å². The summed E-state index contributed by atoms with van der Waals surface area (Å²) in [6, 6.07) is 9.01. The van der Waals surface area contributed by atoms with Crippen LogP contribution in [0.1, 0.15) is 17.2 Å². The lowest BCUT2D eigenvalue weighted by molar-refractivity contribution is -0.137. The fraction of sp³-hybridized carbons (Fsp3) is 0.222. The van der Waals surface area contributed by atoms with Crippen LogP contribution < -0.4 is 4.72 Å².